The molecule has 0 aliphatic carbocycles. The van der Waals surface area contributed by atoms with Crippen LogP contribution < -0.4 is 9.64 Å². The molecule has 114 valence electrons. The first-order valence-corrected chi connectivity index (χ1v) is 7.65. The summed E-state index contributed by atoms with van der Waals surface area (Å²) in [5.74, 6) is 1.38. The molecule has 3 atom stereocenters. The van der Waals surface area contributed by atoms with Gasteiger partial charge in [0.25, 0.3) is 0 Å². The lowest BCUT2D eigenvalue weighted by atomic mass is 10.0. The standard InChI is InChI=1S/C16H18N4O2/c1-2-7-17-14(6-1)22-13-11-20(16-18-8-4-9-19-16)12-5-3-10-21-15(12)13/h1-2,4,6-9,12-13,15H,3,5,10-11H2/t12-,13-,15+/m0/s1. The molecule has 0 radical (unpaired) electrons. The first-order chi connectivity index (χ1) is 10.9. The summed E-state index contributed by atoms with van der Waals surface area (Å²) >= 11 is 0. The molecule has 6 nitrogen and oxygen atoms in total. The van der Waals surface area contributed by atoms with E-state index in [1.54, 1.807) is 18.6 Å². The lowest BCUT2D eigenvalue weighted by molar-refractivity contribution is -0.0372. The van der Waals surface area contributed by atoms with E-state index in [0.29, 0.717) is 5.88 Å². The second-order valence-electron chi connectivity index (χ2n) is 5.57. The molecule has 0 bridgehead atoms. The molecule has 2 aromatic heterocycles. The van der Waals surface area contributed by atoms with Gasteiger partial charge in [0, 0.05) is 31.3 Å². The van der Waals surface area contributed by atoms with Gasteiger partial charge in [-0.2, -0.15) is 0 Å². The van der Waals surface area contributed by atoms with E-state index in [1.807, 2.05) is 24.3 Å². The van der Waals surface area contributed by atoms with Crippen LogP contribution in [0.25, 0.3) is 0 Å². The molecule has 2 aliphatic rings. The fourth-order valence-electron chi connectivity index (χ4n) is 3.25. The number of rotatable bonds is 3. The largest absolute Gasteiger partial charge is 0.470 e. The number of pyridine rings is 1. The zero-order chi connectivity index (χ0) is 14.8. The summed E-state index contributed by atoms with van der Waals surface area (Å²) in [4.78, 5) is 15.2. The maximum absolute atomic E-state index is 6.06. The summed E-state index contributed by atoms with van der Waals surface area (Å²) in [6.07, 6.45) is 7.40. The Morgan fingerprint density at radius 3 is 2.77 bits per heavy atom. The second kappa shape index (κ2) is 5.88. The third-order valence-electron chi connectivity index (χ3n) is 4.20. The molecule has 2 aromatic rings. The van der Waals surface area contributed by atoms with Crippen LogP contribution in [0.5, 0.6) is 5.88 Å². The van der Waals surface area contributed by atoms with Crippen molar-refractivity contribution in [2.45, 2.75) is 31.1 Å². The van der Waals surface area contributed by atoms with Crippen LogP contribution in [0.4, 0.5) is 5.95 Å². The van der Waals surface area contributed by atoms with Crippen molar-refractivity contribution < 1.29 is 9.47 Å². The molecule has 2 fully saturated rings. The van der Waals surface area contributed by atoms with E-state index in [0.717, 1.165) is 31.9 Å². The molecule has 0 saturated carbocycles. The van der Waals surface area contributed by atoms with Crippen LogP contribution in [0.2, 0.25) is 0 Å². The van der Waals surface area contributed by atoms with Crippen LogP contribution in [0.1, 0.15) is 12.8 Å². The van der Waals surface area contributed by atoms with Gasteiger partial charge in [0.15, 0.2) is 0 Å². The van der Waals surface area contributed by atoms with Crippen molar-refractivity contribution in [2.75, 3.05) is 18.1 Å². The van der Waals surface area contributed by atoms with Gasteiger partial charge < -0.3 is 14.4 Å². The number of hydrogen-bond donors (Lipinski definition) is 0. The topological polar surface area (TPSA) is 60.4 Å². The smallest absolute Gasteiger partial charge is 0.225 e. The molecule has 0 unspecified atom stereocenters. The van der Waals surface area contributed by atoms with Gasteiger partial charge in [-0.15, -0.1) is 0 Å². The number of hydrogen-bond acceptors (Lipinski definition) is 6. The quantitative estimate of drug-likeness (QED) is 0.859. The molecule has 22 heavy (non-hydrogen) atoms. The monoisotopic (exact) mass is 298 g/mol. The molecule has 0 spiro atoms. The van der Waals surface area contributed by atoms with E-state index in [4.69, 9.17) is 9.47 Å². The predicted molar refractivity (Wildman–Crippen MR) is 80.8 cm³/mol. The molecule has 0 aromatic carbocycles. The van der Waals surface area contributed by atoms with Gasteiger partial charge in [0.2, 0.25) is 11.8 Å². The molecule has 0 amide bonds. The predicted octanol–water partition coefficient (Wildman–Crippen LogP) is 1.69. The highest BCUT2D eigenvalue weighted by atomic mass is 16.5. The Hall–Kier alpha value is -2.21. The van der Waals surface area contributed by atoms with Crippen molar-refractivity contribution in [2.24, 2.45) is 0 Å². The van der Waals surface area contributed by atoms with E-state index < -0.39 is 0 Å². The summed E-state index contributed by atoms with van der Waals surface area (Å²) in [5, 5.41) is 0. The zero-order valence-electron chi connectivity index (χ0n) is 12.2. The van der Waals surface area contributed by atoms with Crippen LogP contribution in [-0.2, 0) is 4.74 Å². The summed E-state index contributed by atoms with van der Waals surface area (Å²) in [6.45, 7) is 1.50. The first-order valence-electron chi connectivity index (χ1n) is 7.65. The molecule has 2 aliphatic heterocycles. The van der Waals surface area contributed by atoms with Crippen LogP contribution >= 0.6 is 0 Å². The molecule has 4 rings (SSSR count). The van der Waals surface area contributed by atoms with Gasteiger partial charge in [-0.3, -0.25) is 0 Å². The van der Waals surface area contributed by atoms with Crippen LogP contribution in [0.15, 0.2) is 42.9 Å². The Morgan fingerprint density at radius 1 is 1.09 bits per heavy atom. The summed E-state index contributed by atoms with van der Waals surface area (Å²) in [7, 11) is 0. The minimum absolute atomic E-state index is 0.0413. The summed E-state index contributed by atoms with van der Waals surface area (Å²) < 4.78 is 12.1. The highest BCUT2D eigenvalue weighted by molar-refractivity contribution is 5.36. The number of ether oxygens (including phenoxy) is 2. The van der Waals surface area contributed by atoms with Gasteiger partial charge >= 0.3 is 0 Å². The van der Waals surface area contributed by atoms with Crippen LogP contribution in [0.3, 0.4) is 0 Å². The third kappa shape index (κ3) is 2.50. The number of anilines is 1. The zero-order valence-corrected chi connectivity index (χ0v) is 12.2. The Bertz CT molecular complexity index is 610. The summed E-state index contributed by atoms with van der Waals surface area (Å²) in [5.41, 5.74) is 0. The van der Waals surface area contributed by atoms with Gasteiger partial charge in [-0.1, -0.05) is 6.07 Å². The number of aromatic nitrogens is 3. The van der Waals surface area contributed by atoms with Gasteiger partial charge in [-0.05, 0) is 25.0 Å². The molecule has 4 heterocycles. The van der Waals surface area contributed by atoms with E-state index >= 15 is 0 Å². The van der Waals surface area contributed by atoms with E-state index in [2.05, 4.69) is 19.9 Å². The van der Waals surface area contributed by atoms with Crippen molar-refractivity contribution in [3.63, 3.8) is 0 Å². The van der Waals surface area contributed by atoms with Crippen molar-refractivity contribution in [1.82, 2.24) is 15.0 Å². The first kappa shape index (κ1) is 13.5. The minimum atomic E-state index is -0.0518. The fourth-order valence-corrected chi connectivity index (χ4v) is 3.25. The maximum Gasteiger partial charge on any atom is 0.225 e. The molecule has 6 heteroatoms. The molecule has 2 saturated heterocycles. The lowest BCUT2D eigenvalue weighted by Crippen LogP contribution is -2.43. The Morgan fingerprint density at radius 2 is 1.95 bits per heavy atom. The molecular weight excluding hydrogens is 280 g/mol. The van der Waals surface area contributed by atoms with Gasteiger partial charge in [0.05, 0.1) is 12.6 Å². The van der Waals surface area contributed by atoms with Crippen LogP contribution in [0, 0.1) is 0 Å². The second-order valence-corrected chi connectivity index (χ2v) is 5.57. The number of nitrogens with zero attached hydrogens (tertiary/aromatic N) is 4. The highest BCUT2D eigenvalue weighted by Gasteiger charge is 2.46. The van der Waals surface area contributed by atoms with Crippen molar-refractivity contribution >= 4 is 5.95 Å². The van der Waals surface area contributed by atoms with Crippen molar-refractivity contribution in [1.29, 1.82) is 0 Å². The van der Waals surface area contributed by atoms with Crippen molar-refractivity contribution in [3.8, 4) is 5.88 Å². The van der Waals surface area contributed by atoms with Gasteiger partial charge in [0.1, 0.15) is 12.2 Å². The Labute approximate surface area is 129 Å². The van der Waals surface area contributed by atoms with E-state index in [-0.39, 0.29) is 18.2 Å². The average Bonchev–Trinajstić information content (AvgIpc) is 2.96. The Kier molecular flexibility index (Phi) is 3.60. The maximum atomic E-state index is 6.06. The SMILES string of the molecule is c1ccc(O[C@H]2CN(c3ncccn3)[C@H]3CCCO[C@@H]23)nc1. The molecular formula is C16H18N4O2. The van der Waals surface area contributed by atoms with E-state index in [1.165, 1.54) is 0 Å². The third-order valence-corrected chi connectivity index (χ3v) is 4.20. The van der Waals surface area contributed by atoms with E-state index in [9.17, 15) is 0 Å². The molecule has 0 N–H and O–H groups in total. The minimum Gasteiger partial charge on any atom is -0.470 e. The van der Waals surface area contributed by atoms with Gasteiger partial charge in [-0.25, -0.2) is 15.0 Å². The lowest BCUT2D eigenvalue weighted by Gasteiger charge is -2.31. The number of fused-ring (bicyclic) bond motifs is 1. The highest BCUT2D eigenvalue weighted by Crippen LogP contribution is 2.32. The fraction of sp³-hybridized carbons (Fsp3) is 0.438. The summed E-state index contributed by atoms with van der Waals surface area (Å²) in [6, 6.07) is 7.78. The van der Waals surface area contributed by atoms with Crippen molar-refractivity contribution in [3.05, 3.63) is 42.9 Å². The van der Waals surface area contributed by atoms with Crippen LogP contribution in [-0.4, -0.2) is 46.4 Å². The normalized spacial score (nSPS) is 27.5. The average molecular weight is 298 g/mol. The Balaban J connectivity index is 1.58.